The lowest BCUT2D eigenvalue weighted by Crippen LogP contribution is -2.55. The predicted molar refractivity (Wildman–Crippen MR) is 70.0 cm³/mol. The van der Waals surface area contributed by atoms with Gasteiger partial charge in [0, 0.05) is 32.0 Å². The first kappa shape index (κ1) is 12.7. The second-order valence-electron chi connectivity index (χ2n) is 5.09. The first-order valence-corrected chi connectivity index (χ1v) is 6.74. The largest absolute Gasteiger partial charge is 0.333 e. The van der Waals surface area contributed by atoms with Crippen molar-refractivity contribution >= 4 is 24.4 Å². The smallest absolute Gasteiger partial charge is 0.257 e. The molecule has 2 aliphatic rings. The Morgan fingerprint density at radius 3 is 2.25 bits per heavy atom. The Labute approximate surface area is 101 Å². The Morgan fingerprint density at radius 1 is 1.38 bits per heavy atom. The summed E-state index contributed by atoms with van der Waals surface area (Å²) in [5.74, 6) is 0.0951. The minimum atomic E-state index is -0.645. The molecule has 4 unspecified atom stereocenters. The van der Waals surface area contributed by atoms with Crippen molar-refractivity contribution < 1.29 is 9.53 Å². The first-order chi connectivity index (χ1) is 7.27. The molecule has 0 bridgehead atoms. The maximum absolute atomic E-state index is 12.3. The molecule has 6 heteroatoms. The molecular weight excluding hydrogens is 242 g/mol. The van der Waals surface area contributed by atoms with Crippen molar-refractivity contribution in [2.45, 2.75) is 49.6 Å². The number of likely N-dealkylation sites (N-methyl/N-ethyl adjacent to an activating group) is 1. The van der Waals surface area contributed by atoms with Gasteiger partial charge < -0.3 is 15.0 Å². The summed E-state index contributed by atoms with van der Waals surface area (Å²) in [6, 6.07) is 0.620. The van der Waals surface area contributed by atoms with Gasteiger partial charge in [0.15, 0.2) is 10.8 Å². The van der Waals surface area contributed by atoms with Crippen LogP contribution in [-0.2, 0) is 9.53 Å². The van der Waals surface area contributed by atoms with Crippen LogP contribution >= 0.6 is 18.5 Å². The molecule has 2 saturated heterocycles. The fourth-order valence-electron chi connectivity index (χ4n) is 2.82. The molecule has 0 aromatic carbocycles. The van der Waals surface area contributed by atoms with Crippen molar-refractivity contribution in [2.24, 2.45) is 0 Å². The molecule has 1 amide bonds. The molecule has 1 spiro atoms. The van der Waals surface area contributed by atoms with Gasteiger partial charge in [-0.2, -0.15) is 0 Å². The van der Waals surface area contributed by atoms with Crippen LogP contribution in [0.4, 0.5) is 0 Å². The molecule has 0 saturated carbocycles. The lowest BCUT2D eigenvalue weighted by Gasteiger charge is -2.38. The number of piperidine rings is 1. The fraction of sp³-hybridized carbons (Fsp3) is 0.900. The summed E-state index contributed by atoms with van der Waals surface area (Å²) in [7, 11) is 6.96. The Hall–Kier alpha value is 0.250. The van der Waals surface area contributed by atoms with Crippen LogP contribution in [-0.4, -0.2) is 40.7 Å². The van der Waals surface area contributed by atoms with Gasteiger partial charge >= 0.3 is 0 Å². The van der Waals surface area contributed by atoms with Crippen LogP contribution in [0.2, 0.25) is 0 Å². The molecule has 2 aliphatic heterocycles. The first-order valence-electron chi connectivity index (χ1n) is 5.59. The molecule has 1 N–H and O–H groups in total. The summed E-state index contributed by atoms with van der Waals surface area (Å²) in [5.41, 5.74) is -0.637. The normalized spacial score (nSPS) is 43.1. The van der Waals surface area contributed by atoms with Gasteiger partial charge in [-0.05, 0) is 13.8 Å². The van der Waals surface area contributed by atoms with E-state index in [0.29, 0.717) is 12.1 Å². The summed E-state index contributed by atoms with van der Waals surface area (Å²) in [6.07, 6.45) is 1.48. The number of hydrogen-bond acceptors (Lipinski definition) is 3. The molecule has 0 aromatic heterocycles. The van der Waals surface area contributed by atoms with Crippen molar-refractivity contribution in [2.75, 3.05) is 7.05 Å². The number of nitrogens with one attached hydrogen (secondary N) is 1. The third kappa shape index (κ3) is 1.90. The van der Waals surface area contributed by atoms with Crippen LogP contribution < -0.4 is 5.32 Å². The van der Waals surface area contributed by atoms with Crippen molar-refractivity contribution in [3.05, 3.63) is 0 Å². The number of rotatable bonds is 0. The molecule has 0 aliphatic carbocycles. The molecule has 0 aromatic rings. The van der Waals surface area contributed by atoms with E-state index in [9.17, 15) is 4.79 Å². The maximum atomic E-state index is 12.3. The molecule has 4 atom stereocenters. The molecule has 92 valence electrons. The Balaban J connectivity index is 2.29. The van der Waals surface area contributed by atoms with Gasteiger partial charge in [-0.15, -0.1) is 0 Å². The van der Waals surface area contributed by atoms with Gasteiger partial charge in [0.1, 0.15) is 0 Å². The topological polar surface area (TPSA) is 41.6 Å². The van der Waals surface area contributed by atoms with Crippen molar-refractivity contribution in [1.82, 2.24) is 10.2 Å². The molecule has 2 heterocycles. The SMILES string of the molecule is CC1CC2(CC(C)N1)OC(P)(P)N(C)C2=O. The Bertz CT molecular complexity index is 312. The van der Waals surface area contributed by atoms with E-state index in [4.69, 9.17) is 4.74 Å². The van der Waals surface area contributed by atoms with E-state index in [0.717, 1.165) is 12.8 Å². The average Bonchev–Trinajstić information content (AvgIpc) is 2.25. The Kier molecular flexibility index (Phi) is 3.08. The minimum Gasteiger partial charge on any atom is -0.333 e. The summed E-state index contributed by atoms with van der Waals surface area (Å²) in [4.78, 5) is 14.0. The minimum absolute atomic E-state index is 0.0951. The lowest BCUT2D eigenvalue weighted by molar-refractivity contribution is -0.140. The quantitative estimate of drug-likeness (QED) is 0.655. The van der Waals surface area contributed by atoms with Gasteiger partial charge in [0.05, 0.1) is 0 Å². The van der Waals surface area contributed by atoms with Crippen LogP contribution in [0, 0.1) is 0 Å². The van der Waals surface area contributed by atoms with Gasteiger partial charge in [-0.3, -0.25) is 4.79 Å². The van der Waals surface area contributed by atoms with Gasteiger partial charge in [0.25, 0.3) is 5.91 Å². The van der Waals surface area contributed by atoms with Gasteiger partial charge in [-0.1, -0.05) is 18.5 Å². The number of carbonyl (C=O) groups excluding carboxylic acids is 1. The summed E-state index contributed by atoms with van der Waals surface area (Å²) in [6.45, 7) is 4.19. The number of amides is 1. The summed E-state index contributed by atoms with van der Waals surface area (Å²) < 4.78 is 6.00. The number of carbonyl (C=O) groups is 1. The second kappa shape index (κ2) is 3.88. The van der Waals surface area contributed by atoms with Crippen LogP contribution in [0.25, 0.3) is 0 Å². The van der Waals surface area contributed by atoms with E-state index in [1.807, 2.05) is 0 Å². The zero-order valence-corrected chi connectivity index (χ0v) is 12.3. The number of ether oxygens (including phenoxy) is 1. The van der Waals surface area contributed by atoms with Crippen molar-refractivity contribution in [1.29, 1.82) is 0 Å². The third-order valence-electron chi connectivity index (χ3n) is 3.42. The standard InChI is InChI=1S/C10H20N2O2P2/c1-6-4-9(5-7(2)11-6)8(13)12(3)10(15,16)14-9/h6-7,11H,4-5,15-16H2,1-3H3. The summed E-state index contributed by atoms with van der Waals surface area (Å²) in [5, 5.41) is 2.78. The monoisotopic (exact) mass is 262 g/mol. The molecule has 4 nitrogen and oxygen atoms in total. The van der Waals surface area contributed by atoms with Gasteiger partial charge in [-0.25, -0.2) is 0 Å². The van der Waals surface area contributed by atoms with Crippen LogP contribution in [0.1, 0.15) is 26.7 Å². The van der Waals surface area contributed by atoms with E-state index in [-0.39, 0.29) is 5.91 Å². The van der Waals surface area contributed by atoms with E-state index in [2.05, 4.69) is 37.6 Å². The fourth-order valence-corrected chi connectivity index (χ4v) is 3.51. The number of hydrogen-bond donors (Lipinski definition) is 1. The predicted octanol–water partition coefficient (Wildman–Crippen LogP) is 0.736. The molecule has 16 heavy (non-hydrogen) atoms. The Morgan fingerprint density at radius 2 is 1.88 bits per heavy atom. The number of nitrogens with zero attached hydrogens (tertiary/aromatic N) is 1. The summed E-state index contributed by atoms with van der Waals surface area (Å²) >= 11 is 0. The van der Waals surface area contributed by atoms with Crippen molar-refractivity contribution in [3.8, 4) is 0 Å². The highest BCUT2D eigenvalue weighted by atomic mass is 31.1. The maximum Gasteiger partial charge on any atom is 0.257 e. The van der Waals surface area contributed by atoms with E-state index >= 15 is 0 Å². The van der Waals surface area contributed by atoms with Crippen LogP contribution in [0.5, 0.6) is 0 Å². The van der Waals surface area contributed by atoms with Crippen molar-refractivity contribution in [3.63, 3.8) is 0 Å². The lowest BCUT2D eigenvalue weighted by atomic mass is 9.84. The molecular formula is C10H20N2O2P2. The average molecular weight is 262 g/mol. The molecule has 2 fully saturated rings. The van der Waals surface area contributed by atoms with E-state index < -0.39 is 10.8 Å². The highest BCUT2D eigenvalue weighted by Gasteiger charge is 2.57. The second-order valence-corrected chi connectivity index (χ2v) is 7.41. The molecule has 0 radical (unpaired) electrons. The van der Waals surface area contributed by atoms with Crippen LogP contribution in [0.3, 0.4) is 0 Å². The third-order valence-corrected chi connectivity index (χ3v) is 4.43. The van der Waals surface area contributed by atoms with E-state index in [1.165, 1.54) is 0 Å². The van der Waals surface area contributed by atoms with Crippen LogP contribution in [0.15, 0.2) is 0 Å². The van der Waals surface area contributed by atoms with E-state index in [1.54, 1.807) is 11.9 Å². The van der Waals surface area contributed by atoms with Gasteiger partial charge in [0.2, 0.25) is 0 Å². The zero-order valence-electron chi connectivity index (χ0n) is 9.99. The zero-order chi connectivity index (χ0) is 12.1. The highest BCUT2D eigenvalue weighted by molar-refractivity contribution is 7.39. The highest BCUT2D eigenvalue weighted by Crippen LogP contribution is 2.48. The molecule has 2 rings (SSSR count).